The summed E-state index contributed by atoms with van der Waals surface area (Å²) in [5.74, 6) is 0.234. The first-order valence-corrected chi connectivity index (χ1v) is 12.3. The average molecular weight is 493 g/mol. The van der Waals surface area contributed by atoms with Crippen LogP contribution in [0.5, 0.6) is 5.75 Å². The molecule has 1 unspecified atom stereocenters. The number of hydrogen-bond acceptors (Lipinski definition) is 3. The van der Waals surface area contributed by atoms with E-state index >= 15 is 0 Å². The van der Waals surface area contributed by atoms with Crippen LogP contribution in [0.4, 0.5) is 0 Å². The van der Waals surface area contributed by atoms with E-state index in [1.54, 1.807) is 17.0 Å². The topological polar surface area (TPSA) is 58.6 Å². The number of nitrogens with zero attached hydrogens (tertiary/aromatic N) is 1. The van der Waals surface area contributed by atoms with Crippen LogP contribution in [-0.4, -0.2) is 35.9 Å². The number of rotatable bonds is 11. The van der Waals surface area contributed by atoms with Gasteiger partial charge in [-0.25, -0.2) is 0 Å². The van der Waals surface area contributed by atoms with Gasteiger partial charge in [-0.2, -0.15) is 0 Å². The van der Waals surface area contributed by atoms with Gasteiger partial charge in [0.15, 0.2) is 6.61 Å². The first kappa shape index (κ1) is 26.3. The molecule has 3 rings (SSSR count). The summed E-state index contributed by atoms with van der Waals surface area (Å²) in [6.45, 7) is 6.58. The standard InChI is InChI=1S/C29H33ClN2O3/c1-4-16-31-29(34)26(18-23-8-6-5-7-9-23)32(19-24-12-14-25(30)15-13-24)28(33)20-35-27-17-21(2)10-11-22(27)3/h5-15,17,26H,4,16,18-20H2,1-3H3,(H,31,34). The van der Waals surface area contributed by atoms with Gasteiger partial charge in [-0.15, -0.1) is 0 Å². The molecule has 6 heteroatoms. The fourth-order valence-electron chi connectivity index (χ4n) is 3.79. The van der Waals surface area contributed by atoms with Gasteiger partial charge < -0.3 is 15.0 Å². The van der Waals surface area contributed by atoms with E-state index in [-0.39, 0.29) is 25.0 Å². The van der Waals surface area contributed by atoms with Crippen molar-refractivity contribution < 1.29 is 14.3 Å². The van der Waals surface area contributed by atoms with Crippen molar-refractivity contribution in [1.29, 1.82) is 0 Å². The van der Waals surface area contributed by atoms with E-state index in [1.807, 2.05) is 81.4 Å². The summed E-state index contributed by atoms with van der Waals surface area (Å²) in [5.41, 5.74) is 3.87. The number of nitrogens with one attached hydrogen (secondary N) is 1. The van der Waals surface area contributed by atoms with Gasteiger partial charge in [0.1, 0.15) is 11.8 Å². The lowest BCUT2D eigenvalue weighted by molar-refractivity contribution is -0.142. The molecule has 0 aromatic heterocycles. The maximum Gasteiger partial charge on any atom is 0.261 e. The minimum Gasteiger partial charge on any atom is -0.483 e. The van der Waals surface area contributed by atoms with Crippen molar-refractivity contribution >= 4 is 23.4 Å². The molecule has 2 amide bonds. The molecule has 0 aliphatic carbocycles. The number of carbonyl (C=O) groups is 2. The van der Waals surface area contributed by atoms with E-state index in [9.17, 15) is 9.59 Å². The van der Waals surface area contributed by atoms with Gasteiger partial charge in [-0.3, -0.25) is 9.59 Å². The Morgan fingerprint density at radius 1 is 0.971 bits per heavy atom. The Morgan fingerprint density at radius 2 is 1.69 bits per heavy atom. The lowest BCUT2D eigenvalue weighted by Gasteiger charge is -2.31. The van der Waals surface area contributed by atoms with Gasteiger partial charge in [0, 0.05) is 24.5 Å². The molecular formula is C29H33ClN2O3. The van der Waals surface area contributed by atoms with Crippen molar-refractivity contribution in [2.75, 3.05) is 13.2 Å². The highest BCUT2D eigenvalue weighted by atomic mass is 35.5. The Hall–Kier alpha value is -3.31. The van der Waals surface area contributed by atoms with E-state index < -0.39 is 6.04 Å². The molecule has 0 aliphatic heterocycles. The first-order chi connectivity index (χ1) is 16.9. The Bertz CT molecular complexity index is 1120. The Kier molecular flexibility index (Phi) is 9.74. The monoisotopic (exact) mass is 492 g/mol. The summed E-state index contributed by atoms with van der Waals surface area (Å²) in [6.07, 6.45) is 1.21. The molecule has 0 aliphatic rings. The van der Waals surface area contributed by atoms with Crippen molar-refractivity contribution in [2.24, 2.45) is 0 Å². The molecule has 0 radical (unpaired) electrons. The highest BCUT2D eigenvalue weighted by Crippen LogP contribution is 2.21. The maximum absolute atomic E-state index is 13.6. The van der Waals surface area contributed by atoms with Crippen molar-refractivity contribution in [2.45, 2.75) is 46.2 Å². The number of halogens is 1. The molecule has 5 nitrogen and oxygen atoms in total. The van der Waals surface area contributed by atoms with Crippen molar-refractivity contribution in [3.8, 4) is 5.75 Å². The molecule has 1 atom stereocenters. The maximum atomic E-state index is 13.6. The smallest absolute Gasteiger partial charge is 0.261 e. The Labute approximate surface area is 213 Å². The second-order valence-electron chi connectivity index (χ2n) is 8.70. The van der Waals surface area contributed by atoms with E-state index in [0.717, 1.165) is 28.7 Å². The second-order valence-corrected chi connectivity index (χ2v) is 9.14. The number of ether oxygens (including phenoxy) is 1. The Morgan fingerprint density at radius 3 is 2.37 bits per heavy atom. The zero-order valence-electron chi connectivity index (χ0n) is 20.6. The molecule has 0 saturated heterocycles. The highest BCUT2D eigenvalue weighted by molar-refractivity contribution is 6.30. The van der Waals surface area contributed by atoms with Crippen LogP contribution in [0.1, 0.15) is 35.6 Å². The van der Waals surface area contributed by atoms with Crippen LogP contribution in [0.15, 0.2) is 72.8 Å². The first-order valence-electron chi connectivity index (χ1n) is 11.9. The van der Waals surface area contributed by atoms with E-state index in [2.05, 4.69) is 5.32 Å². The number of carbonyl (C=O) groups excluding carboxylic acids is 2. The third kappa shape index (κ3) is 7.86. The fraction of sp³-hybridized carbons (Fsp3) is 0.310. The van der Waals surface area contributed by atoms with Gasteiger partial charge in [0.2, 0.25) is 5.91 Å². The van der Waals surface area contributed by atoms with E-state index in [1.165, 1.54) is 0 Å². The van der Waals surface area contributed by atoms with Crippen LogP contribution in [-0.2, 0) is 22.6 Å². The summed E-state index contributed by atoms with van der Waals surface area (Å²) in [7, 11) is 0. The molecule has 184 valence electrons. The van der Waals surface area contributed by atoms with Crippen LogP contribution in [0.2, 0.25) is 5.02 Å². The normalized spacial score (nSPS) is 11.5. The molecule has 35 heavy (non-hydrogen) atoms. The molecule has 0 saturated carbocycles. The summed E-state index contributed by atoms with van der Waals surface area (Å²) in [4.78, 5) is 28.5. The van der Waals surface area contributed by atoms with Crippen LogP contribution in [0.25, 0.3) is 0 Å². The highest BCUT2D eigenvalue weighted by Gasteiger charge is 2.30. The number of benzene rings is 3. The lowest BCUT2D eigenvalue weighted by atomic mass is 10.0. The summed E-state index contributed by atoms with van der Waals surface area (Å²) in [5, 5.41) is 3.60. The Balaban J connectivity index is 1.90. The fourth-order valence-corrected chi connectivity index (χ4v) is 3.92. The predicted octanol–water partition coefficient (Wildman–Crippen LogP) is 5.50. The SMILES string of the molecule is CCCNC(=O)C(Cc1ccccc1)N(Cc1ccc(Cl)cc1)C(=O)COc1cc(C)ccc1C. The van der Waals surface area contributed by atoms with E-state index in [0.29, 0.717) is 23.7 Å². The van der Waals surface area contributed by atoms with Crippen molar-refractivity contribution in [1.82, 2.24) is 10.2 Å². The molecule has 0 bridgehead atoms. The molecule has 0 fully saturated rings. The van der Waals surface area contributed by atoms with Gasteiger partial charge in [-0.05, 0) is 60.7 Å². The zero-order valence-corrected chi connectivity index (χ0v) is 21.3. The van der Waals surface area contributed by atoms with Crippen LogP contribution < -0.4 is 10.1 Å². The molecule has 0 heterocycles. The summed E-state index contributed by atoms with van der Waals surface area (Å²) < 4.78 is 5.93. The molecule has 3 aromatic carbocycles. The summed E-state index contributed by atoms with van der Waals surface area (Å²) in [6, 6.07) is 22.3. The molecule has 0 spiro atoms. The minimum atomic E-state index is -0.686. The number of aryl methyl sites for hydroxylation is 2. The van der Waals surface area contributed by atoms with Crippen LogP contribution >= 0.6 is 11.6 Å². The minimum absolute atomic E-state index is 0.162. The van der Waals surface area contributed by atoms with Crippen LogP contribution in [0.3, 0.4) is 0 Å². The largest absolute Gasteiger partial charge is 0.483 e. The zero-order chi connectivity index (χ0) is 25.2. The average Bonchev–Trinajstić information content (AvgIpc) is 2.86. The van der Waals surface area contributed by atoms with Gasteiger partial charge in [0.25, 0.3) is 5.91 Å². The third-order valence-electron chi connectivity index (χ3n) is 5.78. The van der Waals surface area contributed by atoms with Crippen LogP contribution in [0, 0.1) is 13.8 Å². The van der Waals surface area contributed by atoms with Gasteiger partial charge in [-0.1, -0.05) is 73.1 Å². The predicted molar refractivity (Wildman–Crippen MR) is 141 cm³/mol. The molecular weight excluding hydrogens is 460 g/mol. The van der Waals surface area contributed by atoms with Crippen molar-refractivity contribution in [3.63, 3.8) is 0 Å². The quantitative estimate of drug-likeness (QED) is 0.384. The van der Waals surface area contributed by atoms with Gasteiger partial charge >= 0.3 is 0 Å². The third-order valence-corrected chi connectivity index (χ3v) is 6.03. The summed E-state index contributed by atoms with van der Waals surface area (Å²) >= 11 is 6.07. The number of hydrogen-bond donors (Lipinski definition) is 1. The lowest BCUT2D eigenvalue weighted by Crippen LogP contribution is -2.51. The van der Waals surface area contributed by atoms with Gasteiger partial charge in [0.05, 0.1) is 0 Å². The van der Waals surface area contributed by atoms with Crippen molar-refractivity contribution in [3.05, 3.63) is 100 Å². The molecule has 3 aromatic rings. The number of amides is 2. The second kappa shape index (κ2) is 13.0. The van der Waals surface area contributed by atoms with E-state index in [4.69, 9.17) is 16.3 Å². The molecule has 1 N–H and O–H groups in total.